The van der Waals surface area contributed by atoms with Gasteiger partial charge >= 0.3 is 5.97 Å². The van der Waals surface area contributed by atoms with E-state index in [1.54, 1.807) is 0 Å². The number of aromatic amines is 1. The first-order valence-electron chi connectivity index (χ1n) is 6.24. The Labute approximate surface area is 119 Å². The molecule has 0 atom stereocenters. The number of carbonyl (C=O) groups excluding carboxylic acids is 1. The molecule has 0 aliphatic heterocycles. The summed E-state index contributed by atoms with van der Waals surface area (Å²) >= 11 is 0. The van der Waals surface area contributed by atoms with Gasteiger partial charge in [-0.1, -0.05) is 0 Å². The van der Waals surface area contributed by atoms with Crippen LogP contribution in [-0.2, 0) is 4.79 Å². The van der Waals surface area contributed by atoms with Crippen LogP contribution in [0, 0.1) is 15.5 Å². The Balaban J connectivity index is 2.42. The van der Waals surface area contributed by atoms with Crippen molar-refractivity contribution in [2.24, 2.45) is 5.41 Å². The Bertz CT molecular complexity index is 745. The molecule has 0 aliphatic rings. The van der Waals surface area contributed by atoms with Crippen molar-refractivity contribution in [2.75, 3.05) is 0 Å². The van der Waals surface area contributed by atoms with Crippen molar-refractivity contribution in [2.45, 2.75) is 20.3 Å². The minimum absolute atomic E-state index is 0.117. The summed E-state index contributed by atoms with van der Waals surface area (Å²) in [6, 6.07) is 4.17. The minimum atomic E-state index is -1.19. The lowest BCUT2D eigenvalue weighted by Gasteiger charge is -2.17. The third kappa shape index (κ3) is 2.76. The molecule has 7 nitrogen and oxygen atoms in total. The highest BCUT2D eigenvalue weighted by molar-refractivity contribution is 6.09. The molecule has 0 aliphatic carbocycles. The van der Waals surface area contributed by atoms with Gasteiger partial charge in [0.05, 0.1) is 10.3 Å². The van der Waals surface area contributed by atoms with E-state index in [9.17, 15) is 19.7 Å². The third-order valence-corrected chi connectivity index (χ3v) is 3.36. The number of nitrogens with zero attached hydrogens (tertiary/aromatic N) is 1. The molecule has 0 fully saturated rings. The summed E-state index contributed by atoms with van der Waals surface area (Å²) in [5.74, 6) is -1.43. The van der Waals surface area contributed by atoms with E-state index in [0.29, 0.717) is 10.9 Å². The second kappa shape index (κ2) is 5.01. The number of hydrogen-bond donors (Lipinski definition) is 2. The number of aromatic nitrogens is 1. The number of hydrogen-bond acceptors (Lipinski definition) is 4. The first kappa shape index (κ1) is 14.7. The molecule has 2 N–H and O–H groups in total. The number of fused-ring (bicyclic) bond motifs is 1. The van der Waals surface area contributed by atoms with Crippen LogP contribution in [-0.4, -0.2) is 26.8 Å². The number of carboxylic acid groups (broad SMARTS) is 1. The number of Topliss-reactive ketones (excluding diaryl/α,β-unsaturated/α-hetero) is 1. The zero-order valence-electron chi connectivity index (χ0n) is 11.5. The molecule has 110 valence electrons. The SMILES string of the molecule is CC(C)(CC(=O)c1c[nH]c2ccc([N+](=O)[O-])cc12)C(=O)O. The average Bonchev–Trinajstić information content (AvgIpc) is 2.80. The van der Waals surface area contributed by atoms with Crippen molar-refractivity contribution >= 4 is 28.3 Å². The van der Waals surface area contributed by atoms with Gasteiger partial charge in [-0.05, 0) is 19.9 Å². The standard InChI is InChI=1S/C14H14N2O5/c1-14(2,13(18)19)6-12(17)10-7-15-11-4-3-8(16(20)21)5-9(10)11/h3-5,7,15H,6H2,1-2H3,(H,18,19). The highest BCUT2D eigenvalue weighted by atomic mass is 16.6. The Morgan fingerprint density at radius 1 is 1.38 bits per heavy atom. The Morgan fingerprint density at radius 2 is 2.05 bits per heavy atom. The number of nitro groups is 1. The molecule has 0 saturated carbocycles. The molecule has 2 aromatic rings. The maximum absolute atomic E-state index is 12.3. The first-order chi connectivity index (χ1) is 9.72. The number of rotatable bonds is 5. The van der Waals surface area contributed by atoms with E-state index in [4.69, 9.17) is 5.11 Å². The van der Waals surface area contributed by atoms with Gasteiger partial charge in [0.15, 0.2) is 5.78 Å². The topological polar surface area (TPSA) is 113 Å². The normalized spacial score (nSPS) is 11.5. The molecule has 2 rings (SSSR count). The fraction of sp³-hybridized carbons (Fsp3) is 0.286. The highest BCUT2D eigenvalue weighted by Gasteiger charge is 2.31. The second-order valence-electron chi connectivity index (χ2n) is 5.48. The van der Waals surface area contributed by atoms with E-state index >= 15 is 0 Å². The molecule has 0 amide bonds. The summed E-state index contributed by atoms with van der Waals surface area (Å²) < 4.78 is 0. The van der Waals surface area contributed by atoms with Crippen LogP contribution >= 0.6 is 0 Å². The molecule has 0 unspecified atom stereocenters. The quantitative estimate of drug-likeness (QED) is 0.499. The van der Waals surface area contributed by atoms with E-state index in [-0.39, 0.29) is 23.5 Å². The van der Waals surface area contributed by atoms with Gasteiger partial charge in [-0.25, -0.2) is 0 Å². The lowest BCUT2D eigenvalue weighted by Crippen LogP contribution is -2.26. The van der Waals surface area contributed by atoms with Crippen molar-refractivity contribution in [3.05, 3.63) is 40.1 Å². The predicted octanol–water partition coefficient (Wildman–Crippen LogP) is 2.76. The molecule has 1 aromatic heterocycles. The van der Waals surface area contributed by atoms with Crippen LogP contribution in [0.15, 0.2) is 24.4 Å². The molecule has 1 aromatic carbocycles. The number of aliphatic carboxylic acids is 1. The number of ketones is 1. The highest BCUT2D eigenvalue weighted by Crippen LogP contribution is 2.28. The van der Waals surface area contributed by atoms with Gasteiger partial charge in [-0.2, -0.15) is 0 Å². The molecule has 21 heavy (non-hydrogen) atoms. The van der Waals surface area contributed by atoms with Crippen LogP contribution in [0.25, 0.3) is 10.9 Å². The molecular formula is C14H14N2O5. The summed E-state index contributed by atoms with van der Waals surface area (Å²) in [5, 5.41) is 20.3. The number of benzene rings is 1. The molecule has 1 heterocycles. The lowest BCUT2D eigenvalue weighted by atomic mass is 9.85. The lowest BCUT2D eigenvalue weighted by molar-refractivity contribution is -0.384. The summed E-state index contributed by atoms with van der Waals surface area (Å²) in [7, 11) is 0. The fourth-order valence-corrected chi connectivity index (χ4v) is 2.03. The van der Waals surface area contributed by atoms with Crippen molar-refractivity contribution in [1.82, 2.24) is 4.98 Å². The second-order valence-corrected chi connectivity index (χ2v) is 5.48. The number of nitro benzene ring substituents is 1. The Morgan fingerprint density at radius 3 is 2.62 bits per heavy atom. The Hall–Kier alpha value is -2.70. The van der Waals surface area contributed by atoms with Crippen molar-refractivity contribution in [3.63, 3.8) is 0 Å². The number of non-ortho nitro benzene ring substituents is 1. The predicted molar refractivity (Wildman–Crippen MR) is 75.3 cm³/mol. The van der Waals surface area contributed by atoms with E-state index in [0.717, 1.165) is 0 Å². The zero-order chi connectivity index (χ0) is 15.8. The Kier molecular flexibility index (Phi) is 3.51. The smallest absolute Gasteiger partial charge is 0.309 e. The van der Waals surface area contributed by atoms with Gasteiger partial charge in [0.1, 0.15) is 0 Å². The molecule has 0 saturated heterocycles. The summed E-state index contributed by atoms with van der Waals surface area (Å²) in [4.78, 5) is 36.5. The maximum atomic E-state index is 12.3. The number of nitrogens with one attached hydrogen (secondary N) is 1. The third-order valence-electron chi connectivity index (χ3n) is 3.36. The largest absolute Gasteiger partial charge is 0.481 e. The van der Waals surface area contributed by atoms with Gasteiger partial charge in [-0.15, -0.1) is 0 Å². The number of carboxylic acids is 1. The van der Waals surface area contributed by atoms with Crippen LogP contribution < -0.4 is 0 Å². The van der Waals surface area contributed by atoms with Crippen LogP contribution in [0.2, 0.25) is 0 Å². The van der Waals surface area contributed by atoms with Crippen LogP contribution in [0.3, 0.4) is 0 Å². The summed E-state index contributed by atoms with van der Waals surface area (Å²) in [5.41, 5.74) is -0.449. The van der Waals surface area contributed by atoms with Crippen LogP contribution in [0.5, 0.6) is 0 Å². The van der Waals surface area contributed by atoms with Gasteiger partial charge in [-0.3, -0.25) is 19.7 Å². The average molecular weight is 290 g/mol. The van der Waals surface area contributed by atoms with Crippen molar-refractivity contribution in [3.8, 4) is 0 Å². The minimum Gasteiger partial charge on any atom is -0.481 e. The van der Waals surface area contributed by atoms with Gasteiger partial charge in [0, 0.05) is 41.2 Å². The maximum Gasteiger partial charge on any atom is 0.309 e. The monoisotopic (exact) mass is 290 g/mol. The van der Waals surface area contributed by atoms with Crippen LogP contribution in [0.4, 0.5) is 5.69 Å². The molecule has 0 spiro atoms. The number of H-pyrrole nitrogens is 1. The molecular weight excluding hydrogens is 276 g/mol. The van der Waals surface area contributed by atoms with Gasteiger partial charge in [0.2, 0.25) is 0 Å². The number of carbonyl (C=O) groups is 2. The summed E-state index contributed by atoms with van der Waals surface area (Å²) in [6.45, 7) is 2.93. The van der Waals surface area contributed by atoms with Crippen LogP contribution in [0.1, 0.15) is 30.6 Å². The summed E-state index contributed by atoms with van der Waals surface area (Å²) in [6.07, 6.45) is 1.27. The van der Waals surface area contributed by atoms with Gasteiger partial charge < -0.3 is 10.1 Å². The first-order valence-corrected chi connectivity index (χ1v) is 6.24. The zero-order valence-corrected chi connectivity index (χ0v) is 11.5. The van der Waals surface area contributed by atoms with Gasteiger partial charge in [0.25, 0.3) is 5.69 Å². The molecule has 0 bridgehead atoms. The van der Waals surface area contributed by atoms with Crippen molar-refractivity contribution < 1.29 is 19.6 Å². The van der Waals surface area contributed by atoms with E-state index < -0.39 is 16.3 Å². The van der Waals surface area contributed by atoms with Crippen molar-refractivity contribution in [1.29, 1.82) is 0 Å². The molecule has 0 radical (unpaired) electrons. The van der Waals surface area contributed by atoms with E-state index in [1.165, 1.54) is 38.2 Å². The molecule has 7 heteroatoms. The fourth-order valence-electron chi connectivity index (χ4n) is 2.03. The van der Waals surface area contributed by atoms with E-state index in [1.807, 2.05) is 0 Å². The van der Waals surface area contributed by atoms with E-state index in [2.05, 4.69) is 4.98 Å².